The molecule has 0 aliphatic carbocycles. The van der Waals surface area contributed by atoms with Gasteiger partial charge in [-0.05, 0) is 19.1 Å². The van der Waals surface area contributed by atoms with Gasteiger partial charge in [0.1, 0.15) is 11.3 Å². The summed E-state index contributed by atoms with van der Waals surface area (Å²) in [6.45, 7) is 1.44. The molecule has 1 rings (SSSR count). The minimum Gasteiger partial charge on any atom is -0.512 e. The second kappa shape index (κ2) is 3.80. The van der Waals surface area contributed by atoms with Gasteiger partial charge in [0.15, 0.2) is 0 Å². The van der Waals surface area contributed by atoms with Crippen LogP contribution in [0.5, 0.6) is 0 Å². The van der Waals surface area contributed by atoms with E-state index in [2.05, 4.69) is 9.72 Å². The van der Waals surface area contributed by atoms with Gasteiger partial charge in [0, 0.05) is 6.20 Å². The maximum atomic E-state index is 11.2. The number of aliphatic hydroxyl groups excluding tert-OH is 1. The van der Waals surface area contributed by atoms with Gasteiger partial charge in [-0.15, -0.1) is 0 Å². The van der Waals surface area contributed by atoms with Crippen molar-refractivity contribution < 1.29 is 14.6 Å². The van der Waals surface area contributed by atoms with Crippen LogP contribution in [-0.4, -0.2) is 23.2 Å². The summed E-state index contributed by atoms with van der Waals surface area (Å²) in [6, 6.07) is 3.42. The molecule has 0 aliphatic rings. The molecule has 70 valence electrons. The third-order valence-corrected chi connectivity index (χ3v) is 1.62. The number of aromatic nitrogens is 1. The summed E-state index contributed by atoms with van der Waals surface area (Å²) in [5.74, 6) is -0.614. The first kappa shape index (κ1) is 9.38. The van der Waals surface area contributed by atoms with E-state index in [0.29, 0.717) is 5.69 Å². The van der Waals surface area contributed by atoms with Gasteiger partial charge in [-0.25, -0.2) is 4.79 Å². The number of esters is 1. The second-order valence-electron chi connectivity index (χ2n) is 2.54. The maximum Gasteiger partial charge on any atom is 0.343 e. The minimum atomic E-state index is -0.553. The fourth-order valence-corrected chi connectivity index (χ4v) is 1.04. The van der Waals surface area contributed by atoms with Crippen molar-refractivity contribution in [1.29, 1.82) is 0 Å². The van der Waals surface area contributed by atoms with Crippen LogP contribution < -0.4 is 0 Å². The van der Waals surface area contributed by atoms with Crippen LogP contribution in [0.25, 0.3) is 5.57 Å². The summed E-state index contributed by atoms with van der Waals surface area (Å²) < 4.78 is 4.52. The zero-order valence-corrected chi connectivity index (χ0v) is 7.50. The van der Waals surface area contributed by atoms with E-state index < -0.39 is 5.97 Å². The molecular weight excluding hydrogens is 170 g/mol. The van der Waals surface area contributed by atoms with Gasteiger partial charge in [-0.2, -0.15) is 0 Å². The number of carbonyl (C=O) groups excluding carboxylic acids is 1. The fourth-order valence-electron chi connectivity index (χ4n) is 1.04. The van der Waals surface area contributed by atoms with Crippen molar-refractivity contribution in [2.75, 3.05) is 7.11 Å². The Balaban J connectivity index is 3.10. The smallest absolute Gasteiger partial charge is 0.343 e. The molecule has 0 saturated heterocycles. The third kappa shape index (κ3) is 1.90. The molecule has 0 atom stereocenters. The minimum absolute atomic E-state index is 0.0608. The average Bonchev–Trinajstić information content (AvgIpc) is 2.56. The topological polar surface area (TPSA) is 62.3 Å². The zero-order chi connectivity index (χ0) is 9.84. The van der Waals surface area contributed by atoms with E-state index in [0.717, 1.165) is 0 Å². The average molecular weight is 181 g/mol. The molecule has 0 spiro atoms. The van der Waals surface area contributed by atoms with E-state index in [1.165, 1.54) is 14.0 Å². The molecule has 0 bridgehead atoms. The highest BCUT2D eigenvalue weighted by Gasteiger charge is 2.16. The Morgan fingerprint density at radius 2 is 2.31 bits per heavy atom. The normalized spacial score (nSPS) is 12.2. The van der Waals surface area contributed by atoms with E-state index in [9.17, 15) is 9.90 Å². The summed E-state index contributed by atoms with van der Waals surface area (Å²) in [6.07, 6.45) is 1.67. The molecular formula is C9H11NO3. The quantitative estimate of drug-likeness (QED) is 0.412. The molecule has 0 unspecified atom stereocenters. The van der Waals surface area contributed by atoms with Crippen LogP contribution in [0.2, 0.25) is 0 Å². The largest absolute Gasteiger partial charge is 0.512 e. The molecule has 1 heterocycles. The predicted octanol–water partition coefficient (Wildman–Crippen LogP) is 1.48. The second-order valence-corrected chi connectivity index (χ2v) is 2.54. The molecule has 0 aliphatic heterocycles. The van der Waals surface area contributed by atoms with Crippen molar-refractivity contribution in [3.05, 3.63) is 29.8 Å². The monoisotopic (exact) mass is 181 g/mol. The number of allylic oxidation sites excluding steroid dienone is 1. The lowest BCUT2D eigenvalue weighted by molar-refractivity contribution is -0.133. The number of methoxy groups -OCH3 is 1. The Hall–Kier alpha value is -1.71. The van der Waals surface area contributed by atoms with Gasteiger partial charge in [0.2, 0.25) is 0 Å². The summed E-state index contributed by atoms with van der Waals surface area (Å²) >= 11 is 0. The lowest BCUT2D eigenvalue weighted by Crippen LogP contribution is -2.06. The predicted molar refractivity (Wildman–Crippen MR) is 48.0 cm³/mol. The maximum absolute atomic E-state index is 11.2. The first-order valence-electron chi connectivity index (χ1n) is 3.78. The first-order valence-corrected chi connectivity index (χ1v) is 3.78. The van der Waals surface area contributed by atoms with Crippen LogP contribution in [0, 0.1) is 0 Å². The number of aliphatic hydroxyl groups is 1. The summed E-state index contributed by atoms with van der Waals surface area (Å²) in [7, 11) is 1.27. The standard InChI is InChI=1S/C9H11NO3/c1-6(11)8(9(12)13-2)7-4-3-5-10-7/h3-5,10-11H,1-2H3/b8-6-. The number of rotatable bonds is 2. The molecule has 1 aromatic heterocycles. The van der Waals surface area contributed by atoms with E-state index >= 15 is 0 Å². The SMILES string of the molecule is COC(=O)/C(=C(/C)O)c1ccc[nH]1. The molecule has 0 aromatic carbocycles. The summed E-state index contributed by atoms with van der Waals surface area (Å²) in [5, 5.41) is 9.24. The van der Waals surface area contributed by atoms with Gasteiger partial charge >= 0.3 is 5.97 Å². The summed E-state index contributed by atoms with van der Waals surface area (Å²) in [4.78, 5) is 14.0. The number of hydrogen-bond donors (Lipinski definition) is 2. The van der Waals surface area contributed by atoms with Crippen LogP contribution in [0.4, 0.5) is 0 Å². The van der Waals surface area contributed by atoms with Gasteiger partial charge in [0.25, 0.3) is 0 Å². The van der Waals surface area contributed by atoms with Crippen LogP contribution in [0.1, 0.15) is 12.6 Å². The number of nitrogens with one attached hydrogen (secondary N) is 1. The number of hydrogen-bond acceptors (Lipinski definition) is 3. The molecule has 2 N–H and O–H groups in total. The Morgan fingerprint density at radius 1 is 1.62 bits per heavy atom. The number of H-pyrrole nitrogens is 1. The Morgan fingerprint density at radius 3 is 2.69 bits per heavy atom. The Labute approximate surface area is 75.8 Å². The molecule has 0 saturated carbocycles. The number of carbonyl (C=O) groups is 1. The van der Waals surface area contributed by atoms with Crippen molar-refractivity contribution in [3.8, 4) is 0 Å². The van der Waals surface area contributed by atoms with Gasteiger partial charge in [-0.3, -0.25) is 0 Å². The van der Waals surface area contributed by atoms with E-state index in [1.54, 1.807) is 18.3 Å². The van der Waals surface area contributed by atoms with E-state index in [4.69, 9.17) is 0 Å². The van der Waals surface area contributed by atoms with Crippen LogP contribution in [-0.2, 0) is 9.53 Å². The highest BCUT2D eigenvalue weighted by molar-refractivity contribution is 6.16. The van der Waals surface area contributed by atoms with Gasteiger partial charge < -0.3 is 14.8 Å². The van der Waals surface area contributed by atoms with E-state index in [1.807, 2.05) is 0 Å². The van der Waals surface area contributed by atoms with Crippen molar-refractivity contribution in [2.45, 2.75) is 6.92 Å². The van der Waals surface area contributed by atoms with Crippen molar-refractivity contribution in [1.82, 2.24) is 4.98 Å². The highest BCUT2D eigenvalue weighted by atomic mass is 16.5. The highest BCUT2D eigenvalue weighted by Crippen LogP contribution is 2.16. The molecule has 0 radical (unpaired) electrons. The summed E-state index contributed by atoms with van der Waals surface area (Å²) in [5.41, 5.74) is 0.708. The van der Waals surface area contributed by atoms with Crippen LogP contribution in [0.3, 0.4) is 0 Å². The lowest BCUT2D eigenvalue weighted by atomic mass is 10.1. The van der Waals surface area contributed by atoms with Crippen molar-refractivity contribution in [3.63, 3.8) is 0 Å². The zero-order valence-electron chi connectivity index (χ0n) is 7.50. The molecule has 1 aromatic rings. The Bertz CT molecular complexity index is 321. The first-order chi connectivity index (χ1) is 6.16. The molecule has 13 heavy (non-hydrogen) atoms. The molecule has 0 fully saturated rings. The van der Waals surface area contributed by atoms with E-state index in [-0.39, 0.29) is 11.3 Å². The fraction of sp³-hybridized carbons (Fsp3) is 0.222. The van der Waals surface area contributed by atoms with Crippen molar-refractivity contribution >= 4 is 11.5 Å². The molecule has 4 nitrogen and oxygen atoms in total. The Kier molecular flexibility index (Phi) is 2.74. The lowest BCUT2D eigenvalue weighted by Gasteiger charge is -2.03. The van der Waals surface area contributed by atoms with Crippen LogP contribution in [0.15, 0.2) is 24.1 Å². The number of ether oxygens (including phenoxy) is 1. The third-order valence-electron chi connectivity index (χ3n) is 1.62. The molecule has 0 amide bonds. The van der Waals surface area contributed by atoms with Gasteiger partial charge in [-0.1, -0.05) is 0 Å². The van der Waals surface area contributed by atoms with Crippen LogP contribution >= 0.6 is 0 Å². The van der Waals surface area contributed by atoms with Gasteiger partial charge in [0.05, 0.1) is 12.8 Å². The van der Waals surface area contributed by atoms with Crippen molar-refractivity contribution in [2.24, 2.45) is 0 Å². The molecule has 4 heteroatoms. The number of aromatic amines is 1.